The van der Waals surface area contributed by atoms with Gasteiger partial charge in [-0.15, -0.1) is 0 Å². The molecule has 0 spiro atoms. The molecular formula is C20H15Br2F2NO4. The number of carboxylic acids is 1. The van der Waals surface area contributed by atoms with Crippen LogP contribution in [0.25, 0.3) is 0 Å². The molecule has 29 heavy (non-hydrogen) atoms. The lowest BCUT2D eigenvalue weighted by molar-refractivity contribution is -0.133. The second-order valence-electron chi connectivity index (χ2n) is 6.41. The Morgan fingerprint density at radius 2 is 1.59 bits per heavy atom. The van der Waals surface area contributed by atoms with E-state index in [2.05, 4.69) is 37.2 Å². The summed E-state index contributed by atoms with van der Waals surface area (Å²) in [5, 5.41) is 11.9. The molecule has 5 nitrogen and oxygen atoms in total. The maximum absolute atomic E-state index is 13.3. The van der Waals surface area contributed by atoms with E-state index < -0.39 is 23.5 Å². The number of carbonyl (C=O) groups is 2. The Hall–Kier alpha value is -2.26. The molecule has 2 aromatic rings. The molecule has 0 atom stereocenters. The van der Waals surface area contributed by atoms with Crippen molar-refractivity contribution < 1.29 is 28.2 Å². The van der Waals surface area contributed by atoms with Gasteiger partial charge in [-0.25, -0.2) is 13.6 Å². The van der Waals surface area contributed by atoms with Crippen molar-refractivity contribution in [2.24, 2.45) is 0 Å². The van der Waals surface area contributed by atoms with Crippen LogP contribution in [-0.4, -0.2) is 17.0 Å². The first-order valence-electron chi connectivity index (χ1n) is 8.58. The molecule has 1 aliphatic rings. The first-order valence-corrected chi connectivity index (χ1v) is 10.2. The number of carbonyl (C=O) groups excluding carboxylic acids is 1. The molecule has 3 rings (SSSR count). The van der Waals surface area contributed by atoms with E-state index in [1.807, 2.05) is 0 Å². The number of ether oxygens (including phenoxy) is 1. The third-order valence-corrected chi connectivity index (χ3v) is 5.49. The Labute approximate surface area is 182 Å². The van der Waals surface area contributed by atoms with Crippen LogP contribution in [0.4, 0.5) is 14.5 Å². The Bertz CT molecular complexity index is 980. The van der Waals surface area contributed by atoms with Gasteiger partial charge in [0.15, 0.2) is 0 Å². The summed E-state index contributed by atoms with van der Waals surface area (Å²) < 4.78 is 33.2. The smallest absolute Gasteiger partial charge is 0.332 e. The SMILES string of the molecule is O=C(O)C1=C(C(=O)Nc2cc(Br)c(OCc3cc(F)cc(F)c3)c(Br)c2)CCC1. The molecule has 0 unspecified atom stereocenters. The van der Waals surface area contributed by atoms with Gasteiger partial charge in [-0.3, -0.25) is 4.79 Å². The summed E-state index contributed by atoms with van der Waals surface area (Å²) in [5.41, 5.74) is 1.18. The van der Waals surface area contributed by atoms with E-state index in [4.69, 9.17) is 4.74 Å². The van der Waals surface area contributed by atoms with Crippen molar-refractivity contribution in [3.63, 3.8) is 0 Å². The van der Waals surface area contributed by atoms with E-state index in [0.29, 0.717) is 45.2 Å². The van der Waals surface area contributed by atoms with Crippen LogP contribution in [0.5, 0.6) is 5.75 Å². The summed E-state index contributed by atoms with van der Waals surface area (Å²) in [7, 11) is 0. The Morgan fingerprint density at radius 3 is 2.17 bits per heavy atom. The number of nitrogens with one attached hydrogen (secondary N) is 1. The van der Waals surface area contributed by atoms with Crippen molar-refractivity contribution in [3.8, 4) is 5.75 Å². The van der Waals surface area contributed by atoms with Crippen molar-refractivity contribution in [1.29, 1.82) is 0 Å². The lowest BCUT2D eigenvalue weighted by Crippen LogP contribution is -2.16. The molecule has 2 N–H and O–H groups in total. The standard InChI is InChI=1S/C20H15Br2F2NO4/c21-16-7-13(25-19(26)14-2-1-3-15(14)20(27)28)8-17(22)18(16)29-9-10-4-11(23)6-12(24)5-10/h4-8H,1-3,9H2,(H,25,26)(H,27,28). The molecule has 0 saturated heterocycles. The highest BCUT2D eigenvalue weighted by atomic mass is 79.9. The predicted octanol–water partition coefficient (Wildman–Crippen LogP) is 5.57. The average molecular weight is 531 g/mol. The van der Waals surface area contributed by atoms with Gasteiger partial charge in [0, 0.05) is 22.9 Å². The topological polar surface area (TPSA) is 75.6 Å². The fourth-order valence-electron chi connectivity index (χ4n) is 3.06. The fraction of sp³-hybridized carbons (Fsp3) is 0.200. The number of aliphatic carboxylic acids is 1. The van der Waals surface area contributed by atoms with Crippen molar-refractivity contribution in [2.75, 3.05) is 5.32 Å². The van der Waals surface area contributed by atoms with Gasteiger partial charge in [0.2, 0.25) is 0 Å². The largest absolute Gasteiger partial charge is 0.487 e. The number of benzene rings is 2. The second kappa shape index (κ2) is 9.04. The highest BCUT2D eigenvalue weighted by Gasteiger charge is 2.25. The minimum absolute atomic E-state index is 0.0631. The average Bonchev–Trinajstić information content (AvgIpc) is 3.10. The molecule has 0 heterocycles. The first kappa shape index (κ1) is 21.4. The number of carboxylic acid groups (broad SMARTS) is 1. The molecule has 0 aliphatic heterocycles. The van der Waals surface area contributed by atoms with Crippen LogP contribution in [-0.2, 0) is 16.2 Å². The van der Waals surface area contributed by atoms with Crippen molar-refractivity contribution in [3.05, 3.63) is 67.6 Å². The summed E-state index contributed by atoms with van der Waals surface area (Å²) in [6.45, 7) is -0.0631. The zero-order valence-electron chi connectivity index (χ0n) is 14.9. The normalized spacial score (nSPS) is 13.5. The van der Waals surface area contributed by atoms with Gasteiger partial charge >= 0.3 is 5.97 Å². The third-order valence-electron chi connectivity index (χ3n) is 4.31. The molecular weight excluding hydrogens is 516 g/mol. The van der Waals surface area contributed by atoms with Gasteiger partial charge in [-0.2, -0.15) is 0 Å². The maximum atomic E-state index is 13.3. The van der Waals surface area contributed by atoms with Gasteiger partial charge in [-0.05, 0) is 81.0 Å². The van der Waals surface area contributed by atoms with Crippen LogP contribution in [0.1, 0.15) is 24.8 Å². The van der Waals surface area contributed by atoms with Gasteiger partial charge in [0.05, 0.1) is 8.95 Å². The minimum atomic E-state index is -1.08. The monoisotopic (exact) mass is 529 g/mol. The minimum Gasteiger partial charge on any atom is -0.487 e. The molecule has 0 fully saturated rings. The summed E-state index contributed by atoms with van der Waals surface area (Å²) in [6, 6.07) is 6.33. The first-order chi connectivity index (χ1) is 13.7. The number of hydrogen-bond acceptors (Lipinski definition) is 3. The number of hydrogen-bond donors (Lipinski definition) is 2. The molecule has 1 amide bonds. The number of halogens is 4. The van der Waals surface area contributed by atoms with Crippen LogP contribution >= 0.6 is 31.9 Å². The second-order valence-corrected chi connectivity index (χ2v) is 8.11. The third kappa shape index (κ3) is 5.22. The zero-order chi connectivity index (χ0) is 21.1. The molecule has 0 saturated carbocycles. The van der Waals surface area contributed by atoms with Crippen molar-refractivity contribution in [1.82, 2.24) is 0 Å². The highest BCUT2D eigenvalue weighted by molar-refractivity contribution is 9.11. The quantitative estimate of drug-likeness (QED) is 0.511. The van der Waals surface area contributed by atoms with E-state index >= 15 is 0 Å². The Kier molecular flexibility index (Phi) is 6.69. The molecule has 0 radical (unpaired) electrons. The fourth-order valence-corrected chi connectivity index (χ4v) is 4.47. The van der Waals surface area contributed by atoms with E-state index in [0.717, 1.165) is 6.07 Å². The molecule has 0 aromatic heterocycles. The molecule has 2 aromatic carbocycles. The van der Waals surface area contributed by atoms with E-state index in [-0.39, 0.29) is 17.8 Å². The molecule has 1 aliphatic carbocycles. The number of amides is 1. The summed E-state index contributed by atoms with van der Waals surface area (Å²) >= 11 is 6.70. The van der Waals surface area contributed by atoms with Crippen LogP contribution < -0.4 is 10.1 Å². The van der Waals surface area contributed by atoms with Gasteiger partial charge in [0.1, 0.15) is 24.0 Å². The van der Waals surface area contributed by atoms with E-state index in [9.17, 15) is 23.5 Å². The predicted molar refractivity (Wildman–Crippen MR) is 110 cm³/mol. The van der Waals surface area contributed by atoms with Crippen molar-refractivity contribution in [2.45, 2.75) is 25.9 Å². The maximum Gasteiger partial charge on any atom is 0.332 e. The summed E-state index contributed by atoms with van der Waals surface area (Å²) in [6.07, 6.45) is 1.42. The zero-order valence-corrected chi connectivity index (χ0v) is 18.1. The lowest BCUT2D eigenvalue weighted by atomic mass is 10.1. The summed E-state index contributed by atoms with van der Waals surface area (Å²) in [4.78, 5) is 23.7. The van der Waals surface area contributed by atoms with Gasteiger partial charge in [0.25, 0.3) is 5.91 Å². The van der Waals surface area contributed by atoms with E-state index in [1.54, 1.807) is 12.1 Å². The van der Waals surface area contributed by atoms with Crippen LogP contribution in [0.3, 0.4) is 0 Å². The molecule has 9 heteroatoms. The molecule has 152 valence electrons. The van der Waals surface area contributed by atoms with Gasteiger partial charge in [-0.1, -0.05) is 0 Å². The molecule has 0 bridgehead atoms. The Morgan fingerprint density at radius 1 is 1.00 bits per heavy atom. The number of rotatable bonds is 6. The van der Waals surface area contributed by atoms with Crippen LogP contribution in [0, 0.1) is 11.6 Å². The van der Waals surface area contributed by atoms with E-state index in [1.165, 1.54) is 12.1 Å². The number of anilines is 1. The summed E-state index contributed by atoms with van der Waals surface area (Å²) in [5.74, 6) is -2.53. The highest BCUT2D eigenvalue weighted by Crippen LogP contribution is 2.37. The van der Waals surface area contributed by atoms with Gasteiger partial charge < -0.3 is 15.2 Å². The van der Waals surface area contributed by atoms with Crippen LogP contribution in [0.15, 0.2) is 50.4 Å². The lowest BCUT2D eigenvalue weighted by Gasteiger charge is -2.14. The van der Waals surface area contributed by atoms with Crippen LogP contribution in [0.2, 0.25) is 0 Å². The Balaban J connectivity index is 1.74. The van der Waals surface area contributed by atoms with Crippen molar-refractivity contribution >= 4 is 49.4 Å².